The number of benzene rings is 3. The normalized spacial score (nSPS) is 18.2. The summed E-state index contributed by atoms with van der Waals surface area (Å²) < 4.78 is 72.3. The van der Waals surface area contributed by atoms with E-state index < -0.39 is 39.5 Å². The fourth-order valence-electron chi connectivity index (χ4n) is 4.72. The van der Waals surface area contributed by atoms with E-state index in [0.717, 1.165) is 17.7 Å². The third-order valence-corrected chi connectivity index (χ3v) is 8.63. The van der Waals surface area contributed by atoms with Crippen LogP contribution in [0.4, 0.5) is 18.9 Å². The minimum absolute atomic E-state index is 0.0313. The Morgan fingerprint density at radius 1 is 0.947 bits per heavy atom. The lowest BCUT2D eigenvalue weighted by atomic mass is 10.1. The van der Waals surface area contributed by atoms with Gasteiger partial charge in [0, 0.05) is 6.54 Å². The zero-order chi connectivity index (χ0) is 27.1. The number of sulfonamides is 1. The van der Waals surface area contributed by atoms with E-state index in [1.165, 1.54) is 39.5 Å². The molecule has 0 spiro atoms. The first-order valence-corrected chi connectivity index (χ1v) is 13.4. The van der Waals surface area contributed by atoms with E-state index in [-0.39, 0.29) is 35.9 Å². The number of carbonyl (C=O) groups excluding carboxylic acids is 2. The number of anilines is 1. The third-order valence-electron chi connectivity index (χ3n) is 6.68. The molecule has 38 heavy (non-hydrogen) atoms. The van der Waals surface area contributed by atoms with Crippen LogP contribution >= 0.6 is 0 Å². The Hall–Kier alpha value is -3.70. The Bertz CT molecular complexity index is 1470. The summed E-state index contributed by atoms with van der Waals surface area (Å²) in [5.41, 5.74) is 0.406. The minimum Gasteiger partial charge on any atom is -0.492 e. The number of halogens is 3. The van der Waals surface area contributed by atoms with Crippen molar-refractivity contribution >= 4 is 27.4 Å². The van der Waals surface area contributed by atoms with Crippen molar-refractivity contribution in [3.05, 3.63) is 89.5 Å². The van der Waals surface area contributed by atoms with Crippen LogP contribution in [0.1, 0.15) is 34.3 Å². The Balaban J connectivity index is 1.33. The minimum atomic E-state index is -4.46. The first-order chi connectivity index (χ1) is 18.1. The quantitative estimate of drug-likeness (QED) is 0.404. The molecule has 0 aromatic heterocycles. The van der Waals surface area contributed by atoms with Gasteiger partial charge < -0.3 is 9.64 Å². The van der Waals surface area contributed by atoms with Gasteiger partial charge in [0.25, 0.3) is 11.7 Å². The predicted molar refractivity (Wildman–Crippen MR) is 132 cm³/mol. The highest BCUT2D eigenvalue weighted by molar-refractivity contribution is 7.89. The second-order valence-electron chi connectivity index (χ2n) is 9.13. The Morgan fingerprint density at radius 2 is 1.66 bits per heavy atom. The van der Waals surface area contributed by atoms with Crippen molar-refractivity contribution in [2.45, 2.75) is 36.5 Å². The molecule has 2 heterocycles. The highest BCUT2D eigenvalue weighted by atomic mass is 32.2. The first-order valence-electron chi connectivity index (χ1n) is 11.9. The van der Waals surface area contributed by atoms with Crippen molar-refractivity contribution in [1.29, 1.82) is 0 Å². The van der Waals surface area contributed by atoms with Crippen molar-refractivity contribution in [1.82, 2.24) is 4.31 Å². The van der Waals surface area contributed by atoms with Gasteiger partial charge in [-0.2, -0.15) is 17.5 Å². The predicted octanol–water partition coefficient (Wildman–Crippen LogP) is 4.67. The molecule has 2 aliphatic heterocycles. The molecule has 0 bridgehead atoms. The Labute approximate surface area is 217 Å². The number of amides is 1. The molecule has 198 valence electrons. The molecule has 3 aromatic carbocycles. The average Bonchev–Trinajstić information content (AvgIpc) is 3.47. The van der Waals surface area contributed by atoms with Crippen LogP contribution in [0, 0.1) is 0 Å². The molecule has 1 unspecified atom stereocenters. The SMILES string of the molecule is O=C1C(=O)N(Cc2ccccc2)c2ccc(S(=O)(=O)N3CCCC3COc3ccc(C(F)(F)F)cc3)cc21. The largest absolute Gasteiger partial charge is 0.492 e. The summed E-state index contributed by atoms with van der Waals surface area (Å²) in [6, 6.07) is 16.9. The molecule has 3 aromatic rings. The molecule has 1 saturated heterocycles. The monoisotopic (exact) mass is 544 g/mol. The number of hydrogen-bond donors (Lipinski definition) is 0. The summed E-state index contributed by atoms with van der Waals surface area (Å²) in [6.07, 6.45) is -3.38. The van der Waals surface area contributed by atoms with Gasteiger partial charge in [-0.15, -0.1) is 0 Å². The number of ketones is 1. The molecule has 11 heteroatoms. The standard InChI is InChI=1S/C27H23F3N2O5S/c28-27(29,30)19-8-10-21(11-9-19)37-17-20-7-4-14-32(20)38(35,36)22-12-13-24-23(15-22)25(33)26(34)31(24)16-18-5-2-1-3-6-18/h1-3,5-6,8-13,15,20H,4,7,14,16-17H2. The molecule has 0 radical (unpaired) electrons. The van der Waals surface area contributed by atoms with E-state index >= 15 is 0 Å². The molecule has 1 fully saturated rings. The van der Waals surface area contributed by atoms with Crippen molar-refractivity contribution in [3.63, 3.8) is 0 Å². The topological polar surface area (TPSA) is 84.0 Å². The van der Waals surface area contributed by atoms with Crippen molar-refractivity contribution in [3.8, 4) is 5.75 Å². The van der Waals surface area contributed by atoms with E-state index in [1.54, 1.807) is 0 Å². The van der Waals surface area contributed by atoms with Gasteiger partial charge in [-0.05, 0) is 60.9 Å². The molecule has 1 amide bonds. The van der Waals surface area contributed by atoms with E-state index in [4.69, 9.17) is 4.74 Å². The Morgan fingerprint density at radius 3 is 2.34 bits per heavy atom. The van der Waals surface area contributed by atoms with Gasteiger partial charge in [0.05, 0.1) is 34.3 Å². The molecule has 1 atom stereocenters. The van der Waals surface area contributed by atoms with Crippen LogP contribution in [0.3, 0.4) is 0 Å². The average molecular weight is 545 g/mol. The van der Waals surface area contributed by atoms with Crippen LogP contribution in [0.15, 0.2) is 77.7 Å². The molecule has 0 saturated carbocycles. The summed E-state index contributed by atoms with van der Waals surface area (Å²) in [6.45, 7) is 0.366. The zero-order valence-electron chi connectivity index (χ0n) is 20.0. The first kappa shape index (κ1) is 25.9. The van der Waals surface area contributed by atoms with Gasteiger partial charge in [-0.3, -0.25) is 9.59 Å². The van der Waals surface area contributed by atoms with Gasteiger partial charge >= 0.3 is 6.18 Å². The summed E-state index contributed by atoms with van der Waals surface area (Å²) >= 11 is 0. The number of rotatable bonds is 7. The summed E-state index contributed by atoms with van der Waals surface area (Å²) in [4.78, 5) is 26.6. The molecular formula is C27H23F3N2O5S. The molecule has 5 rings (SSSR count). The van der Waals surface area contributed by atoms with Gasteiger partial charge in [0.2, 0.25) is 10.0 Å². The highest BCUT2D eigenvalue weighted by Crippen LogP contribution is 2.35. The molecular weight excluding hydrogens is 521 g/mol. The lowest BCUT2D eigenvalue weighted by molar-refractivity contribution is -0.137. The van der Waals surface area contributed by atoms with Crippen molar-refractivity contribution in [2.24, 2.45) is 0 Å². The molecule has 0 N–H and O–H groups in total. The van der Waals surface area contributed by atoms with Crippen LogP contribution in [-0.4, -0.2) is 43.6 Å². The van der Waals surface area contributed by atoms with E-state index in [9.17, 15) is 31.2 Å². The van der Waals surface area contributed by atoms with Crippen LogP contribution in [-0.2, 0) is 27.5 Å². The number of alkyl halides is 3. The molecule has 2 aliphatic rings. The van der Waals surface area contributed by atoms with Gasteiger partial charge in [-0.1, -0.05) is 30.3 Å². The van der Waals surface area contributed by atoms with Crippen LogP contribution in [0.5, 0.6) is 5.75 Å². The van der Waals surface area contributed by atoms with E-state index in [2.05, 4.69) is 0 Å². The number of Topliss-reactive ketones (excluding diaryl/α,β-unsaturated/α-hetero) is 1. The van der Waals surface area contributed by atoms with Crippen LogP contribution < -0.4 is 9.64 Å². The smallest absolute Gasteiger partial charge is 0.416 e. The van der Waals surface area contributed by atoms with Crippen molar-refractivity contribution in [2.75, 3.05) is 18.1 Å². The summed E-state index contributed by atoms with van der Waals surface area (Å²) in [5.74, 6) is -1.29. The number of ether oxygens (including phenoxy) is 1. The number of nitrogens with zero attached hydrogens (tertiary/aromatic N) is 2. The summed E-state index contributed by atoms with van der Waals surface area (Å²) in [5, 5.41) is 0. The van der Waals surface area contributed by atoms with Crippen LogP contribution in [0.25, 0.3) is 0 Å². The van der Waals surface area contributed by atoms with E-state index in [0.29, 0.717) is 18.5 Å². The maximum Gasteiger partial charge on any atom is 0.416 e. The second-order valence-corrected chi connectivity index (χ2v) is 11.0. The number of carbonyl (C=O) groups is 2. The maximum atomic E-state index is 13.5. The number of fused-ring (bicyclic) bond motifs is 1. The lowest BCUT2D eigenvalue weighted by Gasteiger charge is -2.24. The van der Waals surface area contributed by atoms with E-state index in [1.807, 2.05) is 30.3 Å². The third kappa shape index (κ3) is 4.91. The van der Waals surface area contributed by atoms with Crippen molar-refractivity contribution < 1.29 is 35.9 Å². The summed E-state index contributed by atoms with van der Waals surface area (Å²) in [7, 11) is -4.03. The van der Waals surface area contributed by atoms with Crippen LogP contribution in [0.2, 0.25) is 0 Å². The fraction of sp³-hybridized carbons (Fsp3) is 0.259. The highest BCUT2D eigenvalue weighted by Gasteiger charge is 2.40. The van der Waals surface area contributed by atoms with Gasteiger partial charge in [-0.25, -0.2) is 8.42 Å². The number of hydrogen-bond acceptors (Lipinski definition) is 5. The fourth-order valence-corrected chi connectivity index (χ4v) is 6.43. The molecule has 0 aliphatic carbocycles. The maximum absolute atomic E-state index is 13.5. The second kappa shape index (κ2) is 9.88. The Kier molecular flexibility index (Phi) is 6.74. The van der Waals surface area contributed by atoms with Gasteiger partial charge in [0.1, 0.15) is 12.4 Å². The zero-order valence-corrected chi connectivity index (χ0v) is 20.8. The van der Waals surface area contributed by atoms with Gasteiger partial charge in [0.15, 0.2) is 0 Å². The lowest BCUT2D eigenvalue weighted by Crippen LogP contribution is -2.39. The molecule has 7 nitrogen and oxygen atoms in total.